The van der Waals surface area contributed by atoms with Gasteiger partial charge in [-0.05, 0) is 11.8 Å². The van der Waals surface area contributed by atoms with Crippen LogP contribution in [0, 0.1) is 0 Å². The zero-order valence-corrected chi connectivity index (χ0v) is 24.7. The first-order valence-electron chi connectivity index (χ1n) is 13.0. The number of rotatable bonds is 2. The highest BCUT2D eigenvalue weighted by Crippen LogP contribution is 2.54. The number of carbonyl (C=O) groups is 1. The van der Waals surface area contributed by atoms with Crippen molar-refractivity contribution in [1.29, 1.82) is 0 Å². The van der Waals surface area contributed by atoms with Crippen LogP contribution < -0.4 is 5.56 Å². The highest BCUT2D eigenvalue weighted by atomic mass is 32.5. The van der Waals surface area contributed by atoms with Gasteiger partial charge >= 0.3 is 6.72 Å². The molecule has 3 saturated heterocycles. The van der Waals surface area contributed by atoms with Crippen molar-refractivity contribution < 1.29 is 51.3 Å². The van der Waals surface area contributed by atoms with Crippen LogP contribution in [0.2, 0.25) is 0 Å². The topological polar surface area (TPSA) is 224 Å². The number of H-pyrrole nitrogens is 1. The number of ether oxygens (including phenoxy) is 2. The van der Waals surface area contributed by atoms with Crippen LogP contribution >= 0.6 is 14.2 Å². The molecule has 10 atom stereocenters. The van der Waals surface area contributed by atoms with Gasteiger partial charge in [0, 0.05) is 12.6 Å². The maximum atomic E-state index is 15.9. The maximum Gasteiger partial charge on any atom is 0.325 e. The standard InChI is InChI=1S/C21H21BFN7O11P2S/c22-42(34)36-3-10-16(14(32)21(39-10)30-7-28-13-18(30)25-5-26-19(13)33)41-43(35,44)37-4-9-15(40-42)11(23)20(38-9)29-6-27-12-8(31)1-2-24-17(12)29/h2,5-7,9-11,14-16,20-21,32H,1,3-4H2,(H,35,44)(H,25,26,33)/t9-,10-,11+,14?,15?,16+,20-,21-,42?,43?/m1/s1. The normalized spacial score (nSPS) is 39.4. The van der Waals surface area contributed by atoms with Gasteiger partial charge in [-0.25, -0.2) is 24.3 Å². The van der Waals surface area contributed by atoms with Crippen molar-refractivity contribution in [2.45, 2.75) is 55.6 Å². The molecule has 0 saturated carbocycles. The number of Topliss-reactive ketones (excluding diaryl/α,β-unsaturated/α-hetero) is 1. The summed E-state index contributed by atoms with van der Waals surface area (Å²) in [5.41, 5.74) is -0.496. The van der Waals surface area contributed by atoms with Gasteiger partial charge in [0.25, 0.3) is 13.0 Å². The molecule has 4 aliphatic heterocycles. The monoisotopic (exact) mass is 671 g/mol. The summed E-state index contributed by atoms with van der Waals surface area (Å²) < 4.78 is 65.1. The minimum absolute atomic E-state index is 0.0214. The van der Waals surface area contributed by atoms with E-state index < -0.39 is 82.1 Å². The second kappa shape index (κ2) is 11.1. The van der Waals surface area contributed by atoms with E-state index in [0.29, 0.717) is 0 Å². The van der Waals surface area contributed by atoms with Crippen LogP contribution in [0.15, 0.2) is 28.8 Å². The third-order valence-electron chi connectivity index (χ3n) is 7.36. The number of ketones is 1. The van der Waals surface area contributed by atoms with E-state index in [1.165, 1.54) is 28.0 Å². The number of halogens is 1. The number of aromatic amines is 1. The van der Waals surface area contributed by atoms with Crippen LogP contribution in [0.4, 0.5) is 10.2 Å². The molecule has 44 heavy (non-hydrogen) atoms. The van der Waals surface area contributed by atoms with Crippen LogP contribution in [0.5, 0.6) is 0 Å². The molecule has 7 rings (SSSR count). The summed E-state index contributed by atoms with van der Waals surface area (Å²) in [5.74, 6) is -0.275. The number of aromatic nitrogens is 6. The number of imidazole rings is 2. The zero-order valence-electron chi connectivity index (χ0n) is 22.1. The Bertz CT molecular complexity index is 1820. The first-order valence-corrected chi connectivity index (χ1v) is 17.2. The third-order valence-corrected chi connectivity index (χ3v) is 9.96. The average Bonchev–Trinajstić information content (AvgIpc) is 3.73. The Balaban J connectivity index is 1.16. The predicted octanol–water partition coefficient (Wildman–Crippen LogP) is 0.109. The highest BCUT2D eigenvalue weighted by molar-refractivity contribution is 8.07. The predicted molar refractivity (Wildman–Crippen MR) is 148 cm³/mol. The van der Waals surface area contributed by atoms with E-state index in [-0.39, 0.29) is 34.9 Å². The summed E-state index contributed by atoms with van der Waals surface area (Å²) in [6.07, 6.45) is -7.31. The number of fused-ring (bicyclic) bond motifs is 4. The van der Waals surface area contributed by atoms with E-state index in [0.717, 1.165) is 6.33 Å². The van der Waals surface area contributed by atoms with Crippen molar-refractivity contribution in [3.63, 3.8) is 0 Å². The van der Waals surface area contributed by atoms with Crippen LogP contribution in [0.1, 0.15) is 29.4 Å². The van der Waals surface area contributed by atoms with Crippen molar-refractivity contribution >= 4 is 62.5 Å². The minimum Gasteiger partial charge on any atom is -0.386 e. The smallest absolute Gasteiger partial charge is 0.325 e. The van der Waals surface area contributed by atoms with Crippen molar-refractivity contribution in [1.82, 2.24) is 29.1 Å². The van der Waals surface area contributed by atoms with E-state index >= 15 is 4.39 Å². The van der Waals surface area contributed by atoms with E-state index in [4.69, 9.17) is 46.9 Å². The lowest BCUT2D eigenvalue weighted by Gasteiger charge is -2.30. The number of aliphatic hydroxyl groups excluding tert-OH is 1. The number of carbonyl (C=O) groups excluding carboxylic acids is 1. The molecule has 0 spiro atoms. The lowest BCUT2D eigenvalue weighted by atomic mass is 10.1. The summed E-state index contributed by atoms with van der Waals surface area (Å²) in [7, 11) is 1.27. The van der Waals surface area contributed by atoms with Gasteiger partial charge < -0.3 is 38.0 Å². The van der Waals surface area contributed by atoms with Crippen LogP contribution in [-0.2, 0) is 43.9 Å². The molecule has 4 aliphatic rings. The number of hydrogen-bond acceptors (Lipinski definition) is 15. The van der Waals surface area contributed by atoms with Gasteiger partial charge in [-0.1, -0.05) is 0 Å². The van der Waals surface area contributed by atoms with Crippen LogP contribution in [0.3, 0.4) is 0 Å². The molecule has 0 aromatic carbocycles. The first-order chi connectivity index (χ1) is 20.9. The van der Waals surface area contributed by atoms with Gasteiger partial charge in [-0.15, -0.1) is 0 Å². The third kappa shape index (κ3) is 5.25. The summed E-state index contributed by atoms with van der Waals surface area (Å²) in [4.78, 5) is 53.8. The Hall–Kier alpha value is -2.55. The SMILES string of the molecule is [B]P1(=O)OC[C@H]2O[C@@H](n3cnc4c(=O)[nH]cnc43)C(O)[C@H]2OP(O)(=S)OC[C@H]2O[C@@H](n3cnc4c3N=CCC4=O)[C@@H](F)C2O1. The molecular weight excluding hydrogens is 650 g/mol. The lowest BCUT2D eigenvalue weighted by Crippen LogP contribution is -2.38. The van der Waals surface area contributed by atoms with E-state index in [2.05, 4.69) is 24.9 Å². The molecule has 23 heteroatoms. The van der Waals surface area contributed by atoms with Crippen molar-refractivity contribution in [3.05, 3.63) is 35.0 Å². The van der Waals surface area contributed by atoms with Gasteiger partial charge in [0.05, 0.1) is 32.2 Å². The van der Waals surface area contributed by atoms with Gasteiger partial charge in [0.2, 0.25) is 7.57 Å². The fraction of sp³-hybridized carbons (Fsp3) is 0.524. The number of aliphatic hydroxyl groups is 1. The van der Waals surface area contributed by atoms with Crippen molar-refractivity contribution in [2.24, 2.45) is 4.99 Å². The zero-order chi connectivity index (χ0) is 31.0. The molecule has 3 N–H and O–H groups in total. The average molecular weight is 671 g/mol. The minimum atomic E-state index is -4.57. The Morgan fingerprint density at radius 1 is 1.05 bits per heavy atom. The fourth-order valence-corrected chi connectivity index (χ4v) is 7.80. The van der Waals surface area contributed by atoms with Gasteiger partial charge in [0.15, 0.2) is 47.1 Å². The van der Waals surface area contributed by atoms with Gasteiger partial charge in [-0.2, -0.15) is 0 Å². The summed E-state index contributed by atoms with van der Waals surface area (Å²) in [6, 6.07) is 0. The largest absolute Gasteiger partial charge is 0.386 e. The summed E-state index contributed by atoms with van der Waals surface area (Å²) in [6.45, 7) is -5.50. The molecule has 18 nitrogen and oxygen atoms in total. The van der Waals surface area contributed by atoms with E-state index in [1.807, 2.05) is 0 Å². The number of aliphatic imine (C=N–C) groups is 1. The quantitative estimate of drug-likeness (QED) is 0.243. The maximum absolute atomic E-state index is 15.9. The van der Waals surface area contributed by atoms with E-state index in [1.54, 1.807) is 0 Å². The molecule has 3 aromatic heterocycles. The summed E-state index contributed by atoms with van der Waals surface area (Å²) in [5, 5.41) is 11.2. The van der Waals surface area contributed by atoms with Crippen LogP contribution in [-0.4, -0.2) is 109 Å². The number of alkyl halides is 1. The molecule has 0 aliphatic carbocycles. The molecule has 0 amide bonds. The Labute approximate surface area is 251 Å². The van der Waals surface area contributed by atoms with Crippen LogP contribution in [0.25, 0.3) is 11.2 Å². The number of nitrogens with one attached hydrogen (secondary N) is 1. The Morgan fingerprint density at radius 2 is 1.77 bits per heavy atom. The molecule has 2 radical (unpaired) electrons. The lowest BCUT2D eigenvalue weighted by molar-refractivity contribution is -0.0574. The molecule has 0 bridgehead atoms. The first kappa shape index (κ1) is 30.1. The summed E-state index contributed by atoms with van der Waals surface area (Å²) >= 11 is 5.17. The van der Waals surface area contributed by atoms with Gasteiger partial charge in [-0.3, -0.25) is 27.8 Å². The Kier molecular flexibility index (Phi) is 7.57. The van der Waals surface area contributed by atoms with Gasteiger partial charge in [0.1, 0.15) is 30.5 Å². The second-order valence-corrected chi connectivity index (χ2v) is 14.5. The molecule has 7 heterocycles. The molecule has 4 unspecified atom stereocenters. The number of hydrogen-bond donors (Lipinski definition) is 3. The fourth-order valence-electron chi connectivity index (χ4n) is 5.35. The van der Waals surface area contributed by atoms with Crippen molar-refractivity contribution in [3.8, 4) is 0 Å². The Morgan fingerprint density at radius 3 is 2.59 bits per heavy atom. The molecule has 3 fully saturated rings. The number of nitrogens with zero attached hydrogens (tertiary/aromatic N) is 6. The molecule has 232 valence electrons. The van der Waals surface area contributed by atoms with Crippen molar-refractivity contribution in [2.75, 3.05) is 13.2 Å². The second-order valence-electron chi connectivity index (χ2n) is 10.1. The van der Waals surface area contributed by atoms with E-state index in [9.17, 15) is 24.2 Å². The highest BCUT2D eigenvalue weighted by Gasteiger charge is 2.53. The molecule has 3 aromatic rings. The molecular formula is C21H21BFN7O11P2S.